The lowest BCUT2D eigenvalue weighted by molar-refractivity contribution is -0.00791. The van der Waals surface area contributed by atoms with Crippen molar-refractivity contribution in [2.24, 2.45) is 0 Å². The molecule has 0 unspecified atom stereocenters. The van der Waals surface area contributed by atoms with Crippen LogP contribution in [0.2, 0.25) is 0 Å². The van der Waals surface area contributed by atoms with Crippen LogP contribution < -0.4 is 0 Å². The smallest absolute Gasteiger partial charge is 0.0883 e. The topological polar surface area (TPSA) is 9.23 Å². The molecule has 70 valence electrons. The van der Waals surface area contributed by atoms with E-state index in [-0.39, 0.29) is 5.60 Å². The molecule has 0 N–H and O–H groups in total. The van der Waals surface area contributed by atoms with Gasteiger partial charge in [0.05, 0.1) is 12.2 Å². The highest BCUT2D eigenvalue weighted by atomic mass is 127. The quantitative estimate of drug-likeness (QED) is 0.665. The number of aryl methyl sites for hydroxylation is 1. The number of hydrogen-bond acceptors (Lipinski definition) is 1. The Labute approximate surface area is 92.6 Å². The molecule has 0 atom stereocenters. The average Bonchev–Trinajstić information content (AvgIpc) is 2.31. The van der Waals surface area contributed by atoms with Gasteiger partial charge in [0.15, 0.2) is 0 Å². The van der Waals surface area contributed by atoms with E-state index in [0.29, 0.717) is 0 Å². The van der Waals surface area contributed by atoms with Crippen LogP contribution in [0.1, 0.15) is 30.5 Å². The first-order valence-corrected chi connectivity index (χ1v) is 5.52. The summed E-state index contributed by atoms with van der Waals surface area (Å²) >= 11 is 2.37. The van der Waals surface area contributed by atoms with Crippen LogP contribution in [0.15, 0.2) is 12.1 Å². The van der Waals surface area contributed by atoms with E-state index in [0.717, 1.165) is 6.61 Å². The van der Waals surface area contributed by atoms with Crippen LogP contribution in [0.5, 0.6) is 0 Å². The number of hydrogen-bond donors (Lipinski definition) is 0. The maximum absolute atomic E-state index is 5.72. The minimum absolute atomic E-state index is 0.0928. The molecule has 1 aromatic rings. The standard InChI is InChI=1S/C11H13IO/c1-7-4-9-8(5-10(7)12)6-13-11(9,2)3/h4-5H,6H2,1-3H3. The Morgan fingerprint density at radius 2 is 2.08 bits per heavy atom. The van der Waals surface area contributed by atoms with Gasteiger partial charge in [-0.25, -0.2) is 0 Å². The van der Waals surface area contributed by atoms with Gasteiger partial charge in [-0.3, -0.25) is 0 Å². The molecule has 0 aromatic heterocycles. The van der Waals surface area contributed by atoms with Crippen LogP contribution in [0.4, 0.5) is 0 Å². The second-order valence-electron chi connectivity index (χ2n) is 4.06. The molecular weight excluding hydrogens is 275 g/mol. The molecule has 1 aliphatic heterocycles. The van der Waals surface area contributed by atoms with Gasteiger partial charge in [-0.05, 0) is 66.1 Å². The SMILES string of the molecule is Cc1cc2c(cc1I)COC2(C)C. The zero-order chi connectivity index (χ0) is 9.64. The maximum Gasteiger partial charge on any atom is 0.0883 e. The van der Waals surface area contributed by atoms with Crippen molar-refractivity contribution in [3.63, 3.8) is 0 Å². The molecule has 0 saturated heterocycles. The van der Waals surface area contributed by atoms with E-state index in [1.807, 2.05) is 0 Å². The first-order chi connectivity index (χ1) is 6.00. The van der Waals surface area contributed by atoms with Crippen molar-refractivity contribution in [2.45, 2.75) is 33.0 Å². The summed E-state index contributed by atoms with van der Waals surface area (Å²) < 4.78 is 7.05. The summed E-state index contributed by atoms with van der Waals surface area (Å²) in [7, 11) is 0. The number of benzene rings is 1. The van der Waals surface area contributed by atoms with Gasteiger partial charge in [0.2, 0.25) is 0 Å². The van der Waals surface area contributed by atoms with Crippen molar-refractivity contribution in [1.82, 2.24) is 0 Å². The van der Waals surface area contributed by atoms with E-state index in [4.69, 9.17) is 4.74 Å². The number of halogens is 1. The van der Waals surface area contributed by atoms with Gasteiger partial charge in [0.25, 0.3) is 0 Å². The van der Waals surface area contributed by atoms with Crippen molar-refractivity contribution in [1.29, 1.82) is 0 Å². The Morgan fingerprint density at radius 3 is 2.77 bits per heavy atom. The van der Waals surface area contributed by atoms with Gasteiger partial charge in [-0.2, -0.15) is 0 Å². The Morgan fingerprint density at radius 1 is 1.38 bits per heavy atom. The van der Waals surface area contributed by atoms with E-state index in [1.165, 1.54) is 20.3 Å². The Bertz CT molecular complexity index is 355. The predicted molar refractivity (Wildman–Crippen MR) is 61.7 cm³/mol. The molecule has 2 rings (SSSR count). The lowest BCUT2D eigenvalue weighted by atomic mass is 9.95. The van der Waals surface area contributed by atoms with Crippen molar-refractivity contribution >= 4 is 22.6 Å². The Hall–Kier alpha value is -0.0900. The maximum atomic E-state index is 5.72. The molecule has 1 heterocycles. The molecule has 0 spiro atoms. The summed E-state index contributed by atoms with van der Waals surface area (Å²) in [5.74, 6) is 0. The van der Waals surface area contributed by atoms with Gasteiger partial charge in [-0.15, -0.1) is 0 Å². The fourth-order valence-electron chi connectivity index (χ4n) is 1.74. The van der Waals surface area contributed by atoms with Gasteiger partial charge >= 0.3 is 0 Å². The average molecular weight is 288 g/mol. The van der Waals surface area contributed by atoms with Gasteiger partial charge in [-0.1, -0.05) is 6.07 Å². The third kappa shape index (κ3) is 1.50. The largest absolute Gasteiger partial charge is 0.366 e. The second-order valence-corrected chi connectivity index (χ2v) is 5.22. The Balaban J connectivity index is 2.61. The van der Waals surface area contributed by atoms with Gasteiger partial charge < -0.3 is 4.74 Å². The molecule has 0 aliphatic carbocycles. The third-order valence-electron chi connectivity index (χ3n) is 2.62. The van der Waals surface area contributed by atoms with E-state index in [1.54, 1.807) is 0 Å². The van der Waals surface area contributed by atoms with Gasteiger partial charge in [0, 0.05) is 3.57 Å². The van der Waals surface area contributed by atoms with E-state index >= 15 is 0 Å². The minimum Gasteiger partial charge on any atom is -0.366 e. The summed E-state index contributed by atoms with van der Waals surface area (Å²) in [4.78, 5) is 0. The normalized spacial score (nSPS) is 18.8. The van der Waals surface area contributed by atoms with Crippen molar-refractivity contribution in [3.05, 3.63) is 32.4 Å². The summed E-state index contributed by atoms with van der Waals surface area (Å²) in [6.45, 7) is 7.17. The van der Waals surface area contributed by atoms with Gasteiger partial charge in [0.1, 0.15) is 0 Å². The van der Waals surface area contributed by atoms with Crippen LogP contribution in [0, 0.1) is 10.5 Å². The van der Waals surface area contributed by atoms with Crippen molar-refractivity contribution in [2.75, 3.05) is 0 Å². The molecule has 1 aliphatic rings. The van der Waals surface area contributed by atoms with Crippen LogP contribution >= 0.6 is 22.6 Å². The zero-order valence-electron chi connectivity index (χ0n) is 8.15. The zero-order valence-corrected chi connectivity index (χ0v) is 10.3. The van der Waals surface area contributed by atoms with Crippen LogP contribution in [-0.4, -0.2) is 0 Å². The molecular formula is C11H13IO. The van der Waals surface area contributed by atoms with E-state index in [2.05, 4.69) is 55.5 Å². The first kappa shape index (κ1) is 9.46. The fraction of sp³-hybridized carbons (Fsp3) is 0.455. The molecule has 0 fully saturated rings. The molecule has 1 aromatic carbocycles. The molecule has 13 heavy (non-hydrogen) atoms. The van der Waals surface area contributed by atoms with Crippen molar-refractivity contribution in [3.8, 4) is 0 Å². The van der Waals surface area contributed by atoms with Crippen LogP contribution in [0.3, 0.4) is 0 Å². The molecule has 2 heteroatoms. The van der Waals surface area contributed by atoms with Crippen LogP contribution in [-0.2, 0) is 16.9 Å². The molecule has 0 amide bonds. The number of fused-ring (bicyclic) bond motifs is 1. The lowest BCUT2D eigenvalue weighted by Crippen LogP contribution is -2.14. The highest BCUT2D eigenvalue weighted by Crippen LogP contribution is 2.37. The number of ether oxygens (including phenoxy) is 1. The van der Waals surface area contributed by atoms with E-state index in [9.17, 15) is 0 Å². The highest BCUT2D eigenvalue weighted by molar-refractivity contribution is 14.1. The predicted octanol–water partition coefficient (Wildman–Crippen LogP) is 3.36. The van der Waals surface area contributed by atoms with E-state index < -0.39 is 0 Å². The molecule has 0 saturated carbocycles. The fourth-order valence-corrected chi connectivity index (χ4v) is 2.27. The Kier molecular flexibility index (Phi) is 2.15. The molecule has 0 bridgehead atoms. The van der Waals surface area contributed by atoms with Crippen LogP contribution in [0.25, 0.3) is 0 Å². The second kappa shape index (κ2) is 2.95. The third-order valence-corrected chi connectivity index (χ3v) is 3.78. The molecule has 1 nitrogen and oxygen atoms in total. The summed E-state index contributed by atoms with van der Waals surface area (Å²) in [5.41, 5.74) is 3.95. The first-order valence-electron chi connectivity index (χ1n) is 4.44. The van der Waals surface area contributed by atoms with Crippen molar-refractivity contribution < 1.29 is 4.74 Å². The lowest BCUT2D eigenvalue weighted by Gasteiger charge is -2.18. The highest BCUT2D eigenvalue weighted by Gasteiger charge is 2.30. The summed E-state index contributed by atoms with van der Waals surface area (Å²) in [5, 5.41) is 0. The minimum atomic E-state index is -0.0928. The molecule has 0 radical (unpaired) electrons. The summed E-state index contributed by atoms with van der Waals surface area (Å²) in [6, 6.07) is 4.49. The summed E-state index contributed by atoms with van der Waals surface area (Å²) in [6.07, 6.45) is 0. The number of rotatable bonds is 0. The monoisotopic (exact) mass is 288 g/mol.